The first kappa shape index (κ1) is 16.6. The van der Waals surface area contributed by atoms with Crippen molar-refractivity contribution in [2.24, 2.45) is 0 Å². The first-order valence-corrected chi connectivity index (χ1v) is 8.03. The molecular formula is C21H19NO3. The third-order valence-corrected chi connectivity index (χ3v) is 3.81. The first-order chi connectivity index (χ1) is 12.2. The van der Waals surface area contributed by atoms with Gasteiger partial charge in [0.15, 0.2) is 0 Å². The highest BCUT2D eigenvalue weighted by molar-refractivity contribution is 5.66. The van der Waals surface area contributed by atoms with Gasteiger partial charge in [-0.05, 0) is 34.4 Å². The van der Waals surface area contributed by atoms with E-state index in [0.29, 0.717) is 13.2 Å². The molecule has 3 aromatic rings. The lowest BCUT2D eigenvalue weighted by Crippen LogP contribution is -2.19. The summed E-state index contributed by atoms with van der Waals surface area (Å²) in [5.41, 5.74) is 4.17. The van der Waals surface area contributed by atoms with Gasteiger partial charge in [0.1, 0.15) is 12.4 Å². The fourth-order valence-corrected chi connectivity index (χ4v) is 2.50. The lowest BCUT2D eigenvalue weighted by atomic mass is 10.0. The van der Waals surface area contributed by atoms with Crippen LogP contribution >= 0.6 is 0 Å². The molecule has 0 bridgehead atoms. The number of benzene rings is 3. The van der Waals surface area contributed by atoms with Crippen LogP contribution in [0.5, 0.6) is 5.75 Å². The number of carbonyl (C=O) groups is 1. The van der Waals surface area contributed by atoms with Crippen LogP contribution in [0.4, 0.5) is 4.79 Å². The van der Waals surface area contributed by atoms with Gasteiger partial charge in [-0.15, -0.1) is 0 Å². The zero-order valence-corrected chi connectivity index (χ0v) is 13.7. The molecule has 0 aliphatic carbocycles. The van der Waals surface area contributed by atoms with E-state index >= 15 is 0 Å². The Morgan fingerprint density at radius 1 is 0.840 bits per heavy atom. The van der Waals surface area contributed by atoms with Crippen LogP contribution in [0.1, 0.15) is 11.1 Å². The topological polar surface area (TPSA) is 58.6 Å². The van der Waals surface area contributed by atoms with Gasteiger partial charge in [0.2, 0.25) is 0 Å². The van der Waals surface area contributed by atoms with Crippen molar-refractivity contribution in [3.05, 3.63) is 90.0 Å². The largest absolute Gasteiger partial charge is 0.489 e. The van der Waals surface area contributed by atoms with Gasteiger partial charge in [-0.1, -0.05) is 66.7 Å². The van der Waals surface area contributed by atoms with Crippen molar-refractivity contribution in [2.75, 3.05) is 0 Å². The van der Waals surface area contributed by atoms with Crippen LogP contribution in [-0.4, -0.2) is 11.2 Å². The Hall–Kier alpha value is -3.27. The fraction of sp³-hybridized carbons (Fsp3) is 0.0952. The third-order valence-electron chi connectivity index (χ3n) is 3.81. The highest BCUT2D eigenvalue weighted by Crippen LogP contribution is 2.24. The summed E-state index contributed by atoms with van der Waals surface area (Å²) < 4.78 is 5.87. The normalized spacial score (nSPS) is 10.2. The SMILES string of the molecule is O=C(O)NCc1ccc(-c2cccc(OCc3ccccc3)c2)cc1. The lowest BCUT2D eigenvalue weighted by molar-refractivity contribution is 0.194. The molecule has 0 saturated heterocycles. The van der Waals surface area contributed by atoms with E-state index in [2.05, 4.69) is 5.32 Å². The van der Waals surface area contributed by atoms with Crippen LogP contribution in [-0.2, 0) is 13.2 Å². The second-order valence-corrected chi connectivity index (χ2v) is 5.66. The van der Waals surface area contributed by atoms with E-state index in [1.165, 1.54) is 0 Å². The summed E-state index contributed by atoms with van der Waals surface area (Å²) in [6, 6.07) is 25.8. The number of amides is 1. The van der Waals surface area contributed by atoms with Gasteiger partial charge in [0, 0.05) is 6.54 Å². The van der Waals surface area contributed by atoms with Crippen molar-refractivity contribution in [3.8, 4) is 16.9 Å². The Morgan fingerprint density at radius 3 is 2.32 bits per heavy atom. The minimum absolute atomic E-state index is 0.301. The number of hydrogen-bond donors (Lipinski definition) is 2. The Balaban J connectivity index is 1.67. The Labute approximate surface area is 146 Å². The molecule has 0 spiro atoms. The molecule has 0 atom stereocenters. The van der Waals surface area contributed by atoms with E-state index in [4.69, 9.17) is 9.84 Å². The van der Waals surface area contributed by atoms with Crippen LogP contribution in [0, 0.1) is 0 Å². The number of nitrogens with one attached hydrogen (secondary N) is 1. The zero-order chi connectivity index (χ0) is 17.5. The molecule has 0 aromatic heterocycles. The molecule has 0 radical (unpaired) electrons. The van der Waals surface area contributed by atoms with Crippen LogP contribution in [0.2, 0.25) is 0 Å². The molecule has 3 aromatic carbocycles. The maximum absolute atomic E-state index is 10.5. The van der Waals surface area contributed by atoms with Gasteiger partial charge in [-0.2, -0.15) is 0 Å². The lowest BCUT2D eigenvalue weighted by Gasteiger charge is -2.09. The molecule has 25 heavy (non-hydrogen) atoms. The van der Waals surface area contributed by atoms with Crippen molar-refractivity contribution in [2.45, 2.75) is 13.2 Å². The summed E-state index contributed by atoms with van der Waals surface area (Å²) in [6.07, 6.45) is -1.02. The second kappa shape index (κ2) is 8.02. The summed E-state index contributed by atoms with van der Waals surface area (Å²) in [7, 11) is 0. The summed E-state index contributed by atoms with van der Waals surface area (Å²) in [5, 5.41) is 11.0. The molecule has 3 rings (SSSR count). The summed E-state index contributed by atoms with van der Waals surface area (Å²) in [4.78, 5) is 10.5. The Bertz CT molecular complexity index is 829. The Morgan fingerprint density at radius 2 is 1.60 bits per heavy atom. The summed E-state index contributed by atoms with van der Waals surface area (Å²) in [5.74, 6) is 0.818. The molecular weight excluding hydrogens is 314 g/mol. The van der Waals surface area contributed by atoms with Crippen LogP contribution in [0.15, 0.2) is 78.9 Å². The smallest absolute Gasteiger partial charge is 0.404 e. The quantitative estimate of drug-likeness (QED) is 0.687. The summed E-state index contributed by atoms with van der Waals surface area (Å²) in [6.45, 7) is 0.833. The molecule has 0 aliphatic heterocycles. The molecule has 1 amide bonds. The van der Waals surface area contributed by atoms with E-state index in [-0.39, 0.29) is 0 Å². The Kier molecular flexibility index (Phi) is 5.32. The molecule has 0 fully saturated rings. The zero-order valence-electron chi connectivity index (χ0n) is 13.7. The molecule has 4 heteroatoms. The minimum atomic E-state index is -1.02. The monoisotopic (exact) mass is 333 g/mol. The van der Waals surface area contributed by atoms with Gasteiger partial charge in [-0.25, -0.2) is 4.79 Å². The van der Waals surface area contributed by atoms with Crippen LogP contribution in [0.25, 0.3) is 11.1 Å². The average Bonchev–Trinajstić information content (AvgIpc) is 2.66. The molecule has 126 valence electrons. The van der Waals surface area contributed by atoms with Crippen LogP contribution < -0.4 is 10.1 Å². The third kappa shape index (κ3) is 4.85. The molecule has 0 heterocycles. The van der Waals surface area contributed by atoms with Crippen molar-refractivity contribution in [1.29, 1.82) is 0 Å². The van der Waals surface area contributed by atoms with E-state index in [1.807, 2.05) is 78.9 Å². The van der Waals surface area contributed by atoms with E-state index in [1.54, 1.807) is 0 Å². The molecule has 0 saturated carbocycles. The van der Waals surface area contributed by atoms with Crippen molar-refractivity contribution in [3.63, 3.8) is 0 Å². The summed E-state index contributed by atoms with van der Waals surface area (Å²) >= 11 is 0. The minimum Gasteiger partial charge on any atom is -0.489 e. The standard InChI is InChI=1S/C21H19NO3/c23-21(24)22-14-16-9-11-18(12-10-16)19-7-4-8-20(13-19)25-15-17-5-2-1-3-6-17/h1-13,22H,14-15H2,(H,23,24). The van der Waals surface area contributed by atoms with Crippen molar-refractivity contribution in [1.82, 2.24) is 5.32 Å². The predicted octanol–water partition coefficient (Wildman–Crippen LogP) is 4.70. The number of hydrogen-bond acceptors (Lipinski definition) is 2. The van der Waals surface area contributed by atoms with E-state index < -0.39 is 6.09 Å². The molecule has 4 nitrogen and oxygen atoms in total. The highest BCUT2D eigenvalue weighted by Gasteiger charge is 2.02. The van der Waals surface area contributed by atoms with Crippen LogP contribution in [0.3, 0.4) is 0 Å². The van der Waals surface area contributed by atoms with Gasteiger partial charge in [-0.3, -0.25) is 0 Å². The van der Waals surface area contributed by atoms with Crippen molar-refractivity contribution < 1.29 is 14.6 Å². The van der Waals surface area contributed by atoms with Crippen molar-refractivity contribution >= 4 is 6.09 Å². The fourth-order valence-electron chi connectivity index (χ4n) is 2.50. The van der Waals surface area contributed by atoms with Gasteiger partial charge in [0.05, 0.1) is 0 Å². The second-order valence-electron chi connectivity index (χ2n) is 5.66. The maximum Gasteiger partial charge on any atom is 0.404 e. The number of ether oxygens (including phenoxy) is 1. The molecule has 2 N–H and O–H groups in total. The number of carboxylic acid groups (broad SMARTS) is 1. The van der Waals surface area contributed by atoms with E-state index in [0.717, 1.165) is 28.0 Å². The van der Waals surface area contributed by atoms with Gasteiger partial charge < -0.3 is 15.2 Å². The highest BCUT2D eigenvalue weighted by atomic mass is 16.5. The molecule has 0 aliphatic rings. The first-order valence-electron chi connectivity index (χ1n) is 8.03. The number of rotatable bonds is 6. The van der Waals surface area contributed by atoms with Gasteiger partial charge in [0.25, 0.3) is 0 Å². The van der Waals surface area contributed by atoms with E-state index in [9.17, 15) is 4.79 Å². The van der Waals surface area contributed by atoms with Gasteiger partial charge >= 0.3 is 6.09 Å². The predicted molar refractivity (Wildman–Crippen MR) is 97.5 cm³/mol. The average molecular weight is 333 g/mol. The molecule has 0 unspecified atom stereocenters. The maximum atomic E-state index is 10.5.